The molecule has 0 radical (unpaired) electrons. The van der Waals surface area contributed by atoms with Crippen LogP contribution < -0.4 is 5.32 Å². The van der Waals surface area contributed by atoms with E-state index < -0.39 is 0 Å². The van der Waals surface area contributed by atoms with Crippen LogP contribution in [0.15, 0.2) is 6.07 Å². The normalized spacial score (nSPS) is 23.6. The summed E-state index contributed by atoms with van der Waals surface area (Å²) in [5.41, 5.74) is 4.77. The van der Waals surface area contributed by atoms with Crippen molar-refractivity contribution in [3.63, 3.8) is 0 Å². The molecule has 3 fully saturated rings. The molecule has 1 aliphatic carbocycles. The van der Waals surface area contributed by atoms with Gasteiger partial charge in [-0.1, -0.05) is 0 Å². The Morgan fingerprint density at radius 3 is 2.78 bits per heavy atom. The highest BCUT2D eigenvalue weighted by atomic mass is 16.5. The molecule has 2 amide bonds. The second kappa shape index (κ2) is 8.81. The molecule has 0 aromatic carbocycles. The zero-order valence-corrected chi connectivity index (χ0v) is 19.1. The lowest BCUT2D eigenvalue weighted by Gasteiger charge is -2.23. The maximum Gasteiger partial charge on any atom is 0.226 e. The van der Waals surface area contributed by atoms with Crippen molar-refractivity contribution in [2.24, 2.45) is 5.92 Å². The van der Waals surface area contributed by atoms with E-state index in [1.807, 2.05) is 29.3 Å². The number of carbonyl (C=O) groups is 2. The van der Waals surface area contributed by atoms with Gasteiger partial charge in [0.1, 0.15) is 0 Å². The summed E-state index contributed by atoms with van der Waals surface area (Å²) < 4.78 is 7.35. The second-order valence-corrected chi connectivity index (χ2v) is 9.55. The topological polar surface area (TPSA) is 88.8 Å². The van der Waals surface area contributed by atoms with Gasteiger partial charge in [0.25, 0.3) is 0 Å². The lowest BCUT2D eigenvalue weighted by Crippen LogP contribution is -2.40. The lowest BCUT2D eigenvalue weighted by atomic mass is 10.1. The molecule has 0 unspecified atom stereocenters. The predicted octanol–water partition coefficient (Wildman–Crippen LogP) is 2.65. The van der Waals surface area contributed by atoms with Crippen LogP contribution >= 0.6 is 0 Å². The minimum absolute atomic E-state index is 0.0523. The highest BCUT2D eigenvalue weighted by Crippen LogP contribution is 2.38. The van der Waals surface area contributed by atoms with Crippen molar-refractivity contribution >= 4 is 17.5 Å². The fourth-order valence-corrected chi connectivity index (χ4v) is 5.16. The van der Waals surface area contributed by atoms with Gasteiger partial charge in [-0.3, -0.25) is 9.59 Å². The Bertz CT molecular complexity index is 1020. The number of ether oxygens (including phenoxy) is 1. The van der Waals surface area contributed by atoms with Crippen LogP contribution in [-0.4, -0.2) is 57.1 Å². The molecule has 2 aromatic heterocycles. The van der Waals surface area contributed by atoms with Crippen LogP contribution in [-0.2, 0) is 20.7 Å². The molecule has 0 bridgehead atoms. The maximum absolute atomic E-state index is 12.7. The summed E-state index contributed by atoms with van der Waals surface area (Å²) in [6.07, 6.45) is 7.06. The number of fused-ring (bicyclic) bond motifs is 1. The first kappa shape index (κ1) is 21.4. The molecule has 2 atom stereocenters. The third-order valence-corrected chi connectivity index (χ3v) is 7.11. The van der Waals surface area contributed by atoms with Gasteiger partial charge in [-0.05, 0) is 64.4 Å². The van der Waals surface area contributed by atoms with E-state index in [0.717, 1.165) is 80.0 Å². The van der Waals surface area contributed by atoms with Gasteiger partial charge in [-0.25, -0.2) is 9.50 Å². The van der Waals surface area contributed by atoms with Crippen LogP contribution in [0.2, 0.25) is 0 Å². The summed E-state index contributed by atoms with van der Waals surface area (Å²) in [7, 11) is 0. The summed E-state index contributed by atoms with van der Waals surface area (Å²) >= 11 is 0. The first-order valence-electron chi connectivity index (χ1n) is 12.0. The SMILES string of the molecule is Cc1nc2cc([C@H]3CCCN3C(=O)C3CC3)nn2c(C)c1CCC(=O)N[C@H]1CCCOC1. The minimum atomic E-state index is 0.0523. The van der Waals surface area contributed by atoms with Gasteiger partial charge in [0, 0.05) is 42.9 Å². The summed E-state index contributed by atoms with van der Waals surface area (Å²) in [6.45, 7) is 6.26. The quantitative estimate of drug-likeness (QED) is 0.748. The van der Waals surface area contributed by atoms with Gasteiger partial charge >= 0.3 is 0 Å². The van der Waals surface area contributed by atoms with Gasteiger partial charge in [-0.2, -0.15) is 5.10 Å². The predicted molar refractivity (Wildman–Crippen MR) is 119 cm³/mol. The monoisotopic (exact) mass is 439 g/mol. The molecule has 1 N–H and O–H groups in total. The van der Waals surface area contributed by atoms with Gasteiger partial charge in [0.2, 0.25) is 11.8 Å². The number of nitrogens with zero attached hydrogens (tertiary/aromatic N) is 4. The summed E-state index contributed by atoms with van der Waals surface area (Å²) in [5.74, 6) is 0.578. The van der Waals surface area contributed by atoms with Crippen molar-refractivity contribution in [1.82, 2.24) is 24.8 Å². The Morgan fingerprint density at radius 2 is 2.03 bits per heavy atom. The van der Waals surface area contributed by atoms with E-state index in [2.05, 4.69) is 5.32 Å². The van der Waals surface area contributed by atoms with Crippen LogP contribution in [0.25, 0.3) is 5.65 Å². The van der Waals surface area contributed by atoms with Crippen LogP contribution in [0.5, 0.6) is 0 Å². The number of nitrogens with one attached hydrogen (secondary N) is 1. The van der Waals surface area contributed by atoms with Crippen molar-refractivity contribution in [3.05, 3.63) is 28.7 Å². The standard InChI is InChI=1S/C24H33N5O3/c1-15-19(9-10-23(30)26-18-5-4-12-32-14-18)16(2)29-22(25-15)13-20(27-29)21-6-3-11-28(21)24(31)17-7-8-17/h13,17-18,21H,3-12,14H2,1-2H3,(H,26,30)/t18-,21+/m0/s1. The zero-order chi connectivity index (χ0) is 22.2. The number of aryl methyl sites for hydroxylation is 2. The van der Waals surface area contributed by atoms with Crippen LogP contribution in [0, 0.1) is 19.8 Å². The third-order valence-electron chi connectivity index (χ3n) is 7.11. The minimum Gasteiger partial charge on any atom is -0.379 e. The van der Waals surface area contributed by atoms with Crippen LogP contribution in [0.4, 0.5) is 0 Å². The molecule has 1 saturated carbocycles. The van der Waals surface area contributed by atoms with E-state index in [9.17, 15) is 9.59 Å². The first-order valence-corrected chi connectivity index (χ1v) is 12.0. The Morgan fingerprint density at radius 1 is 1.19 bits per heavy atom. The van der Waals surface area contributed by atoms with E-state index in [0.29, 0.717) is 25.4 Å². The molecule has 8 nitrogen and oxygen atoms in total. The molecular formula is C24H33N5O3. The van der Waals surface area contributed by atoms with Crippen molar-refractivity contribution in [1.29, 1.82) is 0 Å². The number of amides is 2. The lowest BCUT2D eigenvalue weighted by molar-refractivity contribution is -0.133. The van der Waals surface area contributed by atoms with Gasteiger partial charge < -0.3 is 15.0 Å². The van der Waals surface area contributed by atoms with Crippen LogP contribution in [0.3, 0.4) is 0 Å². The largest absolute Gasteiger partial charge is 0.379 e. The van der Waals surface area contributed by atoms with Crippen molar-refractivity contribution in [3.8, 4) is 0 Å². The van der Waals surface area contributed by atoms with Crippen molar-refractivity contribution in [2.75, 3.05) is 19.8 Å². The van der Waals surface area contributed by atoms with E-state index >= 15 is 0 Å². The Kier molecular flexibility index (Phi) is 5.88. The van der Waals surface area contributed by atoms with Crippen LogP contribution in [0.1, 0.15) is 73.6 Å². The molecule has 5 rings (SSSR count). The van der Waals surface area contributed by atoms with Crippen molar-refractivity contribution < 1.29 is 14.3 Å². The maximum atomic E-state index is 12.7. The zero-order valence-electron chi connectivity index (χ0n) is 19.1. The molecule has 2 saturated heterocycles. The fourth-order valence-electron chi connectivity index (χ4n) is 5.16. The van der Waals surface area contributed by atoms with Gasteiger partial charge in [0.05, 0.1) is 24.4 Å². The number of aromatic nitrogens is 3. The second-order valence-electron chi connectivity index (χ2n) is 9.55. The summed E-state index contributed by atoms with van der Waals surface area (Å²) in [6, 6.07) is 2.21. The number of hydrogen-bond acceptors (Lipinski definition) is 5. The molecule has 172 valence electrons. The Balaban J connectivity index is 1.31. The smallest absolute Gasteiger partial charge is 0.226 e. The number of rotatable bonds is 6. The first-order chi connectivity index (χ1) is 15.5. The van der Waals surface area contributed by atoms with E-state index in [1.165, 1.54) is 0 Å². The van der Waals surface area contributed by atoms with Gasteiger partial charge in [-0.15, -0.1) is 0 Å². The highest BCUT2D eigenvalue weighted by Gasteiger charge is 2.39. The average Bonchev–Trinajstić information content (AvgIpc) is 3.36. The molecule has 2 aromatic rings. The molecule has 32 heavy (non-hydrogen) atoms. The Hall–Kier alpha value is -2.48. The highest BCUT2D eigenvalue weighted by molar-refractivity contribution is 5.81. The van der Waals surface area contributed by atoms with E-state index in [1.54, 1.807) is 0 Å². The number of likely N-dealkylation sites (tertiary alicyclic amines) is 1. The summed E-state index contributed by atoms with van der Waals surface area (Å²) in [4.78, 5) is 32.0. The number of carbonyl (C=O) groups excluding carboxylic acids is 2. The molecule has 4 heterocycles. The molecule has 2 aliphatic heterocycles. The average molecular weight is 440 g/mol. The Labute approximate surface area is 188 Å². The molecule has 8 heteroatoms. The van der Waals surface area contributed by atoms with E-state index in [-0.39, 0.29) is 23.9 Å². The molecular weight excluding hydrogens is 406 g/mol. The fraction of sp³-hybridized carbons (Fsp3) is 0.667. The molecule has 3 aliphatic rings. The number of hydrogen-bond donors (Lipinski definition) is 1. The molecule has 0 spiro atoms. The third kappa shape index (κ3) is 4.25. The summed E-state index contributed by atoms with van der Waals surface area (Å²) in [5, 5.41) is 7.96. The van der Waals surface area contributed by atoms with E-state index in [4.69, 9.17) is 14.8 Å². The van der Waals surface area contributed by atoms with Gasteiger partial charge in [0.15, 0.2) is 5.65 Å². The van der Waals surface area contributed by atoms with Crippen molar-refractivity contribution in [2.45, 2.75) is 77.3 Å².